The first-order chi connectivity index (χ1) is 9.08. The van der Waals surface area contributed by atoms with Crippen LogP contribution in [0.3, 0.4) is 0 Å². The molecule has 104 valence electrons. The molecule has 1 aliphatic rings. The molecule has 1 atom stereocenters. The third-order valence-corrected chi connectivity index (χ3v) is 3.15. The van der Waals surface area contributed by atoms with Gasteiger partial charge in [0, 0.05) is 26.4 Å². The predicted molar refractivity (Wildman–Crippen MR) is 74.4 cm³/mol. The maximum Gasteiger partial charge on any atom is 0.340 e. The number of esters is 1. The van der Waals surface area contributed by atoms with Crippen LogP contribution in [-0.2, 0) is 9.47 Å². The molecule has 1 aromatic carbocycles. The van der Waals surface area contributed by atoms with Crippen molar-refractivity contribution in [1.82, 2.24) is 0 Å². The zero-order valence-corrected chi connectivity index (χ0v) is 11.4. The summed E-state index contributed by atoms with van der Waals surface area (Å²) in [5.74, 6) is -0.355. The van der Waals surface area contributed by atoms with E-state index in [0.29, 0.717) is 17.9 Å². The van der Waals surface area contributed by atoms with Gasteiger partial charge in [-0.1, -0.05) is 0 Å². The van der Waals surface area contributed by atoms with Crippen LogP contribution in [0.4, 0.5) is 11.4 Å². The number of carbonyl (C=O) groups is 1. The maximum atomic E-state index is 12.1. The van der Waals surface area contributed by atoms with Gasteiger partial charge in [-0.2, -0.15) is 0 Å². The summed E-state index contributed by atoms with van der Waals surface area (Å²) in [7, 11) is 3.75. The molecule has 2 rings (SSSR count). The van der Waals surface area contributed by atoms with Gasteiger partial charge >= 0.3 is 5.97 Å². The van der Waals surface area contributed by atoms with Crippen molar-refractivity contribution in [3.63, 3.8) is 0 Å². The van der Waals surface area contributed by atoms with Gasteiger partial charge in [-0.25, -0.2) is 4.79 Å². The highest BCUT2D eigenvalue weighted by Crippen LogP contribution is 2.23. The Balaban J connectivity index is 2.06. The monoisotopic (exact) mass is 264 g/mol. The third-order valence-electron chi connectivity index (χ3n) is 3.15. The quantitative estimate of drug-likeness (QED) is 0.662. The molecule has 0 aliphatic carbocycles. The standard InChI is InChI=1S/C14H20N2O3/c1-16(2)13-6-5-10(15)8-12(13)14(17)19-9-11-4-3-7-18-11/h5-6,8,11H,3-4,7,9,15H2,1-2H3. The highest BCUT2D eigenvalue weighted by molar-refractivity contribution is 5.96. The number of nitrogen functional groups attached to an aromatic ring is 1. The molecule has 2 N–H and O–H groups in total. The topological polar surface area (TPSA) is 64.8 Å². The van der Waals surface area contributed by atoms with E-state index >= 15 is 0 Å². The number of rotatable bonds is 4. The van der Waals surface area contributed by atoms with E-state index in [2.05, 4.69) is 0 Å². The van der Waals surface area contributed by atoms with Crippen LogP contribution < -0.4 is 10.6 Å². The molecule has 0 bridgehead atoms. The molecule has 0 amide bonds. The zero-order valence-electron chi connectivity index (χ0n) is 11.4. The van der Waals surface area contributed by atoms with E-state index in [4.69, 9.17) is 15.2 Å². The summed E-state index contributed by atoms with van der Waals surface area (Å²) in [6.45, 7) is 1.06. The van der Waals surface area contributed by atoms with E-state index < -0.39 is 0 Å². The van der Waals surface area contributed by atoms with Gasteiger partial charge in [0.2, 0.25) is 0 Å². The minimum Gasteiger partial charge on any atom is -0.459 e. The van der Waals surface area contributed by atoms with Crippen molar-refractivity contribution in [2.75, 3.05) is 37.9 Å². The van der Waals surface area contributed by atoms with E-state index in [1.807, 2.05) is 25.1 Å². The number of hydrogen-bond acceptors (Lipinski definition) is 5. The van der Waals surface area contributed by atoms with Gasteiger partial charge < -0.3 is 20.1 Å². The Morgan fingerprint density at radius 2 is 2.32 bits per heavy atom. The van der Waals surface area contributed by atoms with E-state index in [1.54, 1.807) is 12.1 Å². The van der Waals surface area contributed by atoms with Crippen LogP contribution in [0.15, 0.2) is 18.2 Å². The van der Waals surface area contributed by atoms with Crippen LogP contribution >= 0.6 is 0 Å². The summed E-state index contributed by atoms with van der Waals surface area (Å²) in [4.78, 5) is 14.0. The van der Waals surface area contributed by atoms with Gasteiger partial charge in [-0.3, -0.25) is 0 Å². The van der Waals surface area contributed by atoms with Crippen molar-refractivity contribution in [1.29, 1.82) is 0 Å². The van der Waals surface area contributed by atoms with Gasteiger partial charge in [0.1, 0.15) is 6.61 Å². The van der Waals surface area contributed by atoms with E-state index in [-0.39, 0.29) is 12.1 Å². The molecular formula is C14H20N2O3. The second-order valence-electron chi connectivity index (χ2n) is 4.90. The van der Waals surface area contributed by atoms with Gasteiger partial charge in [-0.15, -0.1) is 0 Å². The number of anilines is 2. The van der Waals surface area contributed by atoms with Crippen LogP contribution in [0.5, 0.6) is 0 Å². The lowest BCUT2D eigenvalue weighted by Crippen LogP contribution is -2.20. The molecule has 5 heteroatoms. The molecule has 1 aliphatic heterocycles. The van der Waals surface area contributed by atoms with E-state index in [1.165, 1.54) is 0 Å². The van der Waals surface area contributed by atoms with Gasteiger partial charge in [0.15, 0.2) is 0 Å². The van der Waals surface area contributed by atoms with Crippen LogP contribution in [0, 0.1) is 0 Å². The van der Waals surface area contributed by atoms with Crippen molar-refractivity contribution < 1.29 is 14.3 Å². The van der Waals surface area contributed by atoms with Crippen molar-refractivity contribution in [3.8, 4) is 0 Å². The van der Waals surface area contributed by atoms with Crippen molar-refractivity contribution in [2.45, 2.75) is 18.9 Å². The lowest BCUT2D eigenvalue weighted by Gasteiger charge is -2.18. The average molecular weight is 264 g/mol. The summed E-state index contributed by atoms with van der Waals surface area (Å²) in [6, 6.07) is 5.23. The van der Waals surface area contributed by atoms with Gasteiger partial charge in [0.05, 0.1) is 17.4 Å². The second kappa shape index (κ2) is 5.93. The minimum atomic E-state index is -0.355. The van der Waals surface area contributed by atoms with Gasteiger partial charge in [-0.05, 0) is 31.0 Å². The molecule has 0 radical (unpaired) electrons. The molecule has 5 nitrogen and oxygen atoms in total. The minimum absolute atomic E-state index is 0.0350. The fourth-order valence-corrected chi connectivity index (χ4v) is 2.13. The molecule has 0 saturated carbocycles. The van der Waals surface area contributed by atoms with Gasteiger partial charge in [0.25, 0.3) is 0 Å². The zero-order chi connectivity index (χ0) is 13.8. The van der Waals surface area contributed by atoms with Crippen molar-refractivity contribution in [2.24, 2.45) is 0 Å². The number of nitrogens with two attached hydrogens (primary N) is 1. The molecule has 1 unspecified atom stereocenters. The summed E-state index contributed by atoms with van der Waals surface area (Å²) in [6.07, 6.45) is 2.02. The number of nitrogens with zero attached hydrogens (tertiary/aromatic N) is 1. The lowest BCUT2D eigenvalue weighted by molar-refractivity contribution is 0.0162. The molecule has 0 spiro atoms. The first-order valence-electron chi connectivity index (χ1n) is 6.43. The normalized spacial score (nSPS) is 18.3. The molecule has 1 heterocycles. The Hall–Kier alpha value is -1.75. The second-order valence-corrected chi connectivity index (χ2v) is 4.90. The number of ether oxygens (including phenoxy) is 2. The van der Waals surface area contributed by atoms with Crippen molar-refractivity contribution >= 4 is 17.3 Å². The Bertz CT molecular complexity index is 454. The average Bonchev–Trinajstić information content (AvgIpc) is 2.88. The number of benzene rings is 1. The molecule has 1 fully saturated rings. The Morgan fingerprint density at radius 1 is 1.53 bits per heavy atom. The first-order valence-corrected chi connectivity index (χ1v) is 6.43. The predicted octanol–water partition coefficient (Wildman–Crippen LogP) is 1.67. The molecule has 1 aromatic rings. The smallest absolute Gasteiger partial charge is 0.340 e. The highest BCUT2D eigenvalue weighted by atomic mass is 16.6. The van der Waals surface area contributed by atoms with Crippen LogP contribution in [0.1, 0.15) is 23.2 Å². The molecule has 19 heavy (non-hydrogen) atoms. The summed E-state index contributed by atoms with van der Waals surface area (Å²) >= 11 is 0. The van der Waals surface area contributed by atoms with Crippen molar-refractivity contribution in [3.05, 3.63) is 23.8 Å². The Kier molecular flexibility index (Phi) is 4.27. The number of carbonyl (C=O) groups excluding carboxylic acids is 1. The van der Waals surface area contributed by atoms with Crippen LogP contribution in [0.2, 0.25) is 0 Å². The fourth-order valence-electron chi connectivity index (χ4n) is 2.13. The third kappa shape index (κ3) is 3.38. The Labute approximate surface area is 113 Å². The summed E-state index contributed by atoms with van der Waals surface area (Å²) < 4.78 is 10.7. The lowest BCUT2D eigenvalue weighted by atomic mass is 10.1. The molecule has 1 saturated heterocycles. The first kappa shape index (κ1) is 13.7. The number of hydrogen-bond donors (Lipinski definition) is 1. The summed E-state index contributed by atoms with van der Waals surface area (Å²) in [5.41, 5.74) is 7.57. The maximum absolute atomic E-state index is 12.1. The van der Waals surface area contributed by atoms with Crippen LogP contribution in [0.25, 0.3) is 0 Å². The van der Waals surface area contributed by atoms with E-state index in [0.717, 1.165) is 25.1 Å². The molecular weight excluding hydrogens is 244 g/mol. The van der Waals surface area contributed by atoms with Crippen LogP contribution in [-0.4, -0.2) is 39.4 Å². The fraction of sp³-hybridized carbons (Fsp3) is 0.500. The van der Waals surface area contributed by atoms with E-state index in [9.17, 15) is 4.79 Å². The SMILES string of the molecule is CN(C)c1ccc(N)cc1C(=O)OCC1CCCO1. The summed E-state index contributed by atoms with van der Waals surface area (Å²) in [5, 5.41) is 0. The molecule has 0 aromatic heterocycles. The highest BCUT2D eigenvalue weighted by Gasteiger charge is 2.20. The largest absolute Gasteiger partial charge is 0.459 e. The Morgan fingerprint density at radius 3 is 2.95 bits per heavy atom.